The van der Waals surface area contributed by atoms with Crippen molar-refractivity contribution in [3.8, 4) is 0 Å². The van der Waals surface area contributed by atoms with Gasteiger partial charge in [-0.15, -0.1) is 0 Å². The van der Waals surface area contributed by atoms with Gasteiger partial charge in [-0.2, -0.15) is 0 Å². The molecule has 0 aromatic heterocycles. The molecule has 2 atom stereocenters. The third-order valence-electron chi connectivity index (χ3n) is 9.07. The lowest BCUT2D eigenvalue weighted by atomic mass is 9.74. The maximum atomic E-state index is 2.60. The fraction of sp³-hybridized carbons (Fsp3) is 0.351. The average molecular weight is 553 g/mol. The molecule has 204 valence electrons. The maximum Gasteiger partial charge on any atom is -0.00946 e. The van der Waals surface area contributed by atoms with Crippen LogP contribution in [-0.4, -0.2) is 11.3 Å². The summed E-state index contributed by atoms with van der Waals surface area (Å²) in [6.45, 7) is 21.4. The standard InChI is InChI=1S/C37H46P2/c1-26(2)37(9,31(7)38(33-18-10-27(3)11-19-33)34-20-12-28(4)13-21-34)32(8)39(35-22-14-29(5)15-23-35)36-24-16-30(6)17-25-36/h10-26,31-32H,1-9H3. The number of aryl methyl sites for hydroxylation is 4. The summed E-state index contributed by atoms with van der Waals surface area (Å²) in [6.07, 6.45) is 0. The van der Waals surface area contributed by atoms with Crippen molar-refractivity contribution < 1.29 is 0 Å². The smallest absolute Gasteiger partial charge is 0.00946 e. The van der Waals surface area contributed by atoms with Gasteiger partial charge in [0.2, 0.25) is 0 Å². The van der Waals surface area contributed by atoms with Crippen molar-refractivity contribution in [1.82, 2.24) is 0 Å². The largest absolute Gasteiger partial charge is 0.0622 e. The quantitative estimate of drug-likeness (QED) is 0.182. The Kier molecular flexibility index (Phi) is 9.53. The van der Waals surface area contributed by atoms with Crippen LogP contribution in [0.1, 0.15) is 56.9 Å². The summed E-state index contributed by atoms with van der Waals surface area (Å²) >= 11 is 0. The van der Waals surface area contributed by atoms with E-state index in [4.69, 9.17) is 0 Å². The second-order valence-corrected chi connectivity index (χ2v) is 17.0. The molecule has 0 amide bonds. The minimum Gasteiger partial charge on any atom is -0.0622 e. The third-order valence-corrected chi connectivity index (χ3v) is 15.1. The molecule has 2 unspecified atom stereocenters. The van der Waals surface area contributed by atoms with Crippen LogP contribution in [0.25, 0.3) is 0 Å². The molecule has 39 heavy (non-hydrogen) atoms. The molecule has 0 bridgehead atoms. The van der Waals surface area contributed by atoms with Crippen LogP contribution in [0.3, 0.4) is 0 Å². The van der Waals surface area contributed by atoms with E-state index in [2.05, 4.69) is 159 Å². The van der Waals surface area contributed by atoms with Gasteiger partial charge in [0.15, 0.2) is 0 Å². The fourth-order valence-electron chi connectivity index (χ4n) is 5.88. The second-order valence-electron chi connectivity index (χ2n) is 12.0. The predicted molar refractivity (Wildman–Crippen MR) is 179 cm³/mol. The van der Waals surface area contributed by atoms with Gasteiger partial charge >= 0.3 is 0 Å². The number of hydrogen-bond acceptors (Lipinski definition) is 0. The molecule has 2 heteroatoms. The molecule has 0 heterocycles. The molecule has 0 aliphatic carbocycles. The van der Waals surface area contributed by atoms with Gasteiger partial charge in [-0.1, -0.05) is 154 Å². The first-order valence-electron chi connectivity index (χ1n) is 14.4. The summed E-state index contributed by atoms with van der Waals surface area (Å²) in [4.78, 5) is 0. The van der Waals surface area contributed by atoms with Crippen molar-refractivity contribution in [2.45, 2.75) is 73.6 Å². The molecule has 0 nitrogen and oxygen atoms in total. The molecule has 0 saturated heterocycles. The summed E-state index contributed by atoms with van der Waals surface area (Å²) in [5, 5.41) is 5.95. The monoisotopic (exact) mass is 552 g/mol. The maximum absolute atomic E-state index is 2.60. The topological polar surface area (TPSA) is 0 Å². The van der Waals surface area contributed by atoms with E-state index >= 15 is 0 Å². The zero-order valence-corrected chi connectivity index (χ0v) is 27.2. The first-order chi connectivity index (χ1) is 18.5. The molecule has 0 aliphatic heterocycles. The first-order valence-corrected chi connectivity index (χ1v) is 17.2. The minimum atomic E-state index is -0.552. The van der Waals surface area contributed by atoms with Crippen LogP contribution < -0.4 is 21.2 Å². The summed E-state index contributed by atoms with van der Waals surface area (Å²) in [6, 6.07) is 37.5. The highest BCUT2D eigenvalue weighted by Gasteiger charge is 2.46. The predicted octanol–water partition coefficient (Wildman–Crippen LogP) is 8.93. The van der Waals surface area contributed by atoms with Gasteiger partial charge in [-0.05, 0) is 87.4 Å². The zero-order chi connectivity index (χ0) is 28.3. The van der Waals surface area contributed by atoms with Crippen molar-refractivity contribution in [1.29, 1.82) is 0 Å². The molecule has 0 fully saturated rings. The van der Waals surface area contributed by atoms with E-state index in [1.165, 1.54) is 43.5 Å². The van der Waals surface area contributed by atoms with Crippen LogP contribution in [0.15, 0.2) is 97.1 Å². The molecular weight excluding hydrogens is 506 g/mol. The van der Waals surface area contributed by atoms with E-state index in [0.29, 0.717) is 17.2 Å². The summed E-state index contributed by atoms with van der Waals surface area (Å²) < 4.78 is 0. The average Bonchev–Trinajstić information content (AvgIpc) is 2.92. The fourth-order valence-corrected chi connectivity index (χ4v) is 12.4. The van der Waals surface area contributed by atoms with Gasteiger partial charge < -0.3 is 0 Å². The normalized spacial score (nSPS) is 15.0. The Morgan fingerprint density at radius 2 is 0.615 bits per heavy atom. The van der Waals surface area contributed by atoms with Gasteiger partial charge in [-0.25, -0.2) is 0 Å². The van der Waals surface area contributed by atoms with Crippen LogP contribution in [0, 0.1) is 39.0 Å². The van der Waals surface area contributed by atoms with Crippen LogP contribution in [0.4, 0.5) is 0 Å². The molecule has 4 rings (SSSR count). The van der Waals surface area contributed by atoms with Crippen molar-refractivity contribution in [2.75, 3.05) is 0 Å². The minimum absolute atomic E-state index is 0.114. The van der Waals surface area contributed by atoms with E-state index in [1.807, 2.05) is 0 Å². The van der Waals surface area contributed by atoms with Crippen LogP contribution >= 0.6 is 15.8 Å². The molecule has 0 saturated carbocycles. The van der Waals surface area contributed by atoms with Gasteiger partial charge in [-0.3, -0.25) is 0 Å². The van der Waals surface area contributed by atoms with E-state index < -0.39 is 15.8 Å². The lowest BCUT2D eigenvalue weighted by Crippen LogP contribution is -2.47. The molecule has 4 aromatic rings. The van der Waals surface area contributed by atoms with E-state index in [1.54, 1.807) is 0 Å². The second kappa shape index (κ2) is 12.5. The molecular formula is C37H46P2. The van der Waals surface area contributed by atoms with Crippen LogP contribution in [0.2, 0.25) is 0 Å². The third kappa shape index (κ3) is 6.40. The van der Waals surface area contributed by atoms with Crippen LogP contribution in [0.5, 0.6) is 0 Å². The Morgan fingerprint density at radius 3 is 0.795 bits per heavy atom. The Labute approximate surface area is 240 Å². The highest BCUT2D eigenvalue weighted by molar-refractivity contribution is 7.74. The highest BCUT2D eigenvalue weighted by Crippen LogP contribution is 2.59. The molecule has 0 spiro atoms. The number of rotatable bonds is 9. The Balaban J connectivity index is 1.87. The number of benzene rings is 4. The highest BCUT2D eigenvalue weighted by atomic mass is 31.1. The Hall–Kier alpha value is -2.26. The van der Waals surface area contributed by atoms with Crippen molar-refractivity contribution in [3.05, 3.63) is 119 Å². The van der Waals surface area contributed by atoms with E-state index in [-0.39, 0.29) is 5.41 Å². The lowest BCUT2D eigenvalue weighted by molar-refractivity contribution is 0.213. The van der Waals surface area contributed by atoms with E-state index in [0.717, 1.165) is 0 Å². The summed E-state index contributed by atoms with van der Waals surface area (Å²) in [5.41, 5.74) is 6.41. The molecule has 0 radical (unpaired) electrons. The van der Waals surface area contributed by atoms with Crippen molar-refractivity contribution in [3.63, 3.8) is 0 Å². The van der Waals surface area contributed by atoms with Crippen molar-refractivity contribution >= 4 is 37.1 Å². The number of hydrogen-bond donors (Lipinski definition) is 0. The van der Waals surface area contributed by atoms with Gasteiger partial charge in [0.25, 0.3) is 0 Å². The van der Waals surface area contributed by atoms with Crippen LogP contribution in [-0.2, 0) is 0 Å². The van der Waals surface area contributed by atoms with Gasteiger partial charge in [0, 0.05) is 0 Å². The van der Waals surface area contributed by atoms with E-state index in [9.17, 15) is 0 Å². The first kappa shape index (κ1) is 29.7. The Bertz CT molecular complexity index is 1140. The Morgan fingerprint density at radius 1 is 0.410 bits per heavy atom. The summed E-state index contributed by atoms with van der Waals surface area (Å²) in [7, 11) is -1.10. The SMILES string of the molecule is Cc1ccc(P(c2ccc(C)cc2)C(C)C(C)(C(C)C)C(C)P(c2ccc(C)cc2)c2ccc(C)cc2)cc1. The van der Waals surface area contributed by atoms with Crippen molar-refractivity contribution in [2.24, 2.45) is 11.3 Å². The lowest BCUT2D eigenvalue weighted by Gasteiger charge is -2.50. The molecule has 4 aromatic carbocycles. The molecule has 0 N–H and O–H groups in total. The summed E-state index contributed by atoms with van der Waals surface area (Å²) in [5.74, 6) is 0.532. The van der Waals surface area contributed by atoms with Gasteiger partial charge in [0.1, 0.15) is 0 Å². The molecule has 0 aliphatic rings. The zero-order valence-electron chi connectivity index (χ0n) is 25.4. The van der Waals surface area contributed by atoms with Gasteiger partial charge in [0.05, 0.1) is 0 Å².